The van der Waals surface area contributed by atoms with Crippen molar-refractivity contribution in [2.45, 2.75) is 20.0 Å². The molecular weight excluding hydrogens is 309 g/mol. The summed E-state index contributed by atoms with van der Waals surface area (Å²) in [5, 5.41) is 0.689. The number of carbonyl (C=O) groups excluding carboxylic acids is 1. The summed E-state index contributed by atoms with van der Waals surface area (Å²) in [6.07, 6.45) is 6.81. The van der Waals surface area contributed by atoms with Crippen LogP contribution >= 0.6 is 0 Å². The molecule has 3 rings (SSSR count). The highest BCUT2D eigenvalue weighted by molar-refractivity contribution is 5.97. The SMILES string of the molecule is CCC(=O)C=Cc1c[nH]c2ncnc(OCc3cccc(F)c3)c12. The molecule has 2 aromatic heterocycles. The molecule has 0 fully saturated rings. The van der Waals surface area contributed by atoms with Crippen LogP contribution in [0.1, 0.15) is 24.5 Å². The first kappa shape index (κ1) is 15.9. The second kappa shape index (κ2) is 7.04. The molecule has 0 bridgehead atoms. The highest BCUT2D eigenvalue weighted by Crippen LogP contribution is 2.26. The van der Waals surface area contributed by atoms with Gasteiger partial charge < -0.3 is 9.72 Å². The van der Waals surface area contributed by atoms with Crippen LogP contribution in [0.4, 0.5) is 4.39 Å². The fourth-order valence-electron chi connectivity index (χ4n) is 2.28. The Kier molecular flexibility index (Phi) is 4.65. The monoisotopic (exact) mass is 325 g/mol. The summed E-state index contributed by atoms with van der Waals surface area (Å²) in [6.45, 7) is 1.99. The lowest BCUT2D eigenvalue weighted by Gasteiger charge is -2.07. The first-order chi connectivity index (χ1) is 11.7. The topological polar surface area (TPSA) is 67.9 Å². The molecule has 1 N–H and O–H groups in total. The zero-order chi connectivity index (χ0) is 16.9. The zero-order valence-electron chi connectivity index (χ0n) is 13.1. The van der Waals surface area contributed by atoms with Crippen LogP contribution in [0.2, 0.25) is 0 Å². The minimum absolute atomic E-state index is 0.0310. The third-order valence-electron chi connectivity index (χ3n) is 3.53. The number of hydrogen-bond donors (Lipinski definition) is 1. The molecule has 0 atom stereocenters. The molecule has 2 heterocycles. The Hall–Kier alpha value is -3.02. The van der Waals surface area contributed by atoms with Crippen LogP contribution in [0.15, 0.2) is 42.9 Å². The van der Waals surface area contributed by atoms with Crippen molar-refractivity contribution in [2.24, 2.45) is 0 Å². The largest absolute Gasteiger partial charge is 0.472 e. The zero-order valence-corrected chi connectivity index (χ0v) is 13.1. The second-order valence-corrected chi connectivity index (χ2v) is 5.22. The smallest absolute Gasteiger partial charge is 0.227 e. The van der Waals surface area contributed by atoms with Crippen molar-refractivity contribution >= 4 is 22.9 Å². The van der Waals surface area contributed by atoms with Gasteiger partial charge >= 0.3 is 0 Å². The molecule has 24 heavy (non-hydrogen) atoms. The molecule has 1 aromatic carbocycles. The molecule has 0 radical (unpaired) electrons. The molecule has 122 valence electrons. The van der Waals surface area contributed by atoms with E-state index in [0.29, 0.717) is 28.9 Å². The van der Waals surface area contributed by atoms with E-state index in [2.05, 4.69) is 15.0 Å². The molecule has 0 amide bonds. The number of benzene rings is 1. The van der Waals surface area contributed by atoms with Crippen LogP contribution in [-0.2, 0) is 11.4 Å². The highest BCUT2D eigenvalue weighted by Gasteiger charge is 2.11. The van der Waals surface area contributed by atoms with E-state index in [0.717, 1.165) is 5.56 Å². The standard InChI is InChI=1S/C18H16FN3O2/c1-2-15(23)7-6-13-9-20-17-16(13)18(22-11-21-17)24-10-12-4-3-5-14(19)8-12/h3-9,11H,2,10H2,1H3,(H,20,21,22). The molecule has 5 nitrogen and oxygen atoms in total. The van der Waals surface area contributed by atoms with E-state index in [1.54, 1.807) is 31.3 Å². The normalized spacial score (nSPS) is 11.2. The molecule has 0 saturated carbocycles. The van der Waals surface area contributed by atoms with Gasteiger partial charge in [-0.15, -0.1) is 0 Å². The average Bonchev–Trinajstić information content (AvgIpc) is 3.01. The number of fused-ring (bicyclic) bond motifs is 1. The fraction of sp³-hybridized carbons (Fsp3) is 0.167. The Balaban J connectivity index is 1.88. The van der Waals surface area contributed by atoms with Crippen LogP contribution in [0.5, 0.6) is 5.88 Å². The third kappa shape index (κ3) is 3.48. The number of hydrogen-bond acceptors (Lipinski definition) is 4. The number of aromatic amines is 1. The van der Waals surface area contributed by atoms with Gasteiger partial charge in [0.25, 0.3) is 0 Å². The maximum absolute atomic E-state index is 13.2. The summed E-state index contributed by atoms with van der Waals surface area (Å²) in [4.78, 5) is 22.8. The minimum atomic E-state index is -0.313. The Bertz CT molecular complexity index is 902. The van der Waals surface area contributed by atoms with Gasteiger partial charge in [0.05, 0.1) is 5.39 Å². The van der Waals surface area contributed by atoms with Crippen molar-refractivity contribution in [1.82, 2.24) is 15.0 Å². The molecule has 0 unspecified atom stereocenters. The van der Waals surface area contributed by atoms with Crippen molar-refractivity contribution in [1.29, 1.82) is 0 Å². The number of aromatic nitrogens is 3. The number of halogens is 1. The number of allylic oxidation sites excluding steroid dienone is 1. The van der Waals surface area contributed by atoms with Gasteiger partial charge in [-0.25, -0.2) is 14.4 Å². The van der Waals surface area contributed by atoms with E-state index in [1.165, 1.54) is 24.5 Å². The van der Waals surface area contributed by atoms with Gasteiger partial charge in [-0.3, -0.25) is 4.79 Å². The number of nitrogens with one attached hydrogen (secondary N) is 1. The molecule has 0 aliphatic carbocycles. The maximum atomic E-state index is 13.2. The summed E-state index contributed by atoms with van der Waals surface area (Å²) in [5.41, 5.74) is 2.08. The minimum Gasteiger partial charge on any atom is -0.472 e. The molecule has 6 heteroatoms. The molecule has 0 saturated heterocycles. The third-order valence-corrected chi connectivity index (χ3v) is 3.53. The Morgan fingerprint density at radius 2 is 2.25 bits per heavy atom. The van der Waals surface area contributed by atoms with Gasteiger partial charge in [0, 0.05) is 18.2 Å². The van der Waals surface area contributed by atoms with E-state index in [4.69, 9.17) is 4.74 Å². The van der Waals surface area contributed by atoms with Gasteiger partial charge in [0.1, 0.15) is 24.4 Å². The number of rotatable bonds is 6. The van der Waals surface area contributed by atoms with Crippen molar-refractivity contribution in [3.63, 3.8) is 0 Å². The summed E-state index contributed by atoms with van der Waals surface area (Å²) in [7, 11) is 0. The summed E-state index contributed by atoms with van der Waals surface area (Å²) < 4.78 is 19.0. The van der Waals surface area contributed by atoms with Crippen LogP contribution < -0.4 is 4.74 Å². The van der Waals surface area contributed by atoms with E-state index < -0.39 is 0 Å². The second-order valence-electron chi connectivity index (χ2n) is 5.22. The summed E-state index contributed by atoms with van der Waals surface area (Å²) in [5.74, 6) is 0.102. The fourth-order valence-corrected chi connectivity index (χ4v) is 2.28. The van der Waals surface area contributed by atoms with Crippen molar-refractivity contribution in [3.05, 3.63) is 59.8 Å². The predicted molar refractivity (Wildman–Crippen MR) is 89.0 cm³/mol. The number of H-pyrrole nitrogens is 1. The lowest BCUT2D eigenvalue weighted by Crippen LogP contribution is -1.99. The summed E-state index contributed by atoms with van der Waals surface area (Å²) in [6, 6.07) is 6.20. The number of ether oxygens (including phenoxy) is 1. The highest BCUT2D eigenvalue weighted by atomic mass is 19.1. The molecule has 0 spiro atoms. The number of nitrogens with zero attached hydrogens (tertiary/aromatic N) is 2. The lowest BCUT2D eigenvalue weighted by atomic mass is 10.2. The van der Waals surface area contributed by atoms with E-state index >= 15 is 0 Å². The average molecular weight is 325 g/mol. The van der Waals surface area contributed by atoms with E-state index in [-0.39, 0.29) is 18.2 Å². The van der Waals surface area contributed by atoms with Gasteiger partial charge in [-0.05, 0) is 29.8 Å². The van der Waals surface area contributed by atoms with E-state index in [1.807, 2.05) is 0 Å². The van der Waals surface area contributed by atoms with Crippen molar-refractivity contribution < 1.29 is 13.9 Å². The predicted octanol–water partition coefficient (Wildman–Crippen LogP) is 3.67. The molecular formula is C18H16FN3O2. The molecule has 3 aromatic rings. The Morgan fingerprint density at radius 1 is 1.38 bits per heavy atom. The van der Waals surface area contributed by atoms with Crippen LogP contribution in [-0.4, -0.2) is 20.7 Å². The Labute approximate surface area is 138 Å². The first-order valence-corrected chi connectivity index (χ1v) is 7.57. The van der Waals surface area contributed by atoms with Gasteiger partial charge in [-0.2, -0.15) is 0 Å². The quantitative estimate of drug-likeness (QED) is 0.702. The lowest BCUT2D eigenvalue weighted by molar-refractivity contribution is -0.114. The van der Waals surface area contributed by atoms with E-state index in [9.17, 15) is 9.18 Å². The van der Waals surface area contributed by atoms with Crippen LogP contribution in [0.3, 0.4) is 0 Å². The van der Waals surface area contributed by atoms with Crippen molar-refractivity contribution in [2.75, 3.05) is 0 Å². The summed E-state index contributed by atoms with van der Waals surface area (Å²) >= 11 is 0. The van der Waals surface area contributed by atoms with Crippen LogP contribution in [0.25, 0.3) is 17.1 Å². The van der Waals surface area contributed by atoms with Gasteiger partial charge in [-0.1, -0.05) is 19.1 Å². The van der Waals surface area contributed by atoms with Gasteiger partial charge in [0.15, 0.2) is 5.78 Å². The van der Waals surface area contributed by atoms with Gasteiger partial charge in [0.2, 0.25) is 5.88 Å². The number of carbonyl (C=O) groups is 1. The van der Waals surface area contributed by atoms with Crippen molar-refractivity contribution in [3.8, 4) is 5.88 Å². The Morgan fingerprint density at radius 3 is 3.04 bits per heavy atom. The molecule has 0 aliphatic heterocycles. The first-order valence-electron chi connectivity index (χ1n) is 7.57. The number of ketones is 1. The molecule has 0 aliphatic rings. The maximum Gasteiger partial charge on any atom is 0.227 e. The van der Waals surface area contributed by atoms with Crippen LogP contribution in [0, 0.1) is 5.82 Å².